The monoisotopic (exact) mass is 272 g/mol. The van der Waals surface area contributed by atoms with Crippen molar-refractivity contribution in [3.05, 3.63) is 22.7 Å². The van der Waals surface area contributed by atoms with Crippen molar-refractivity contribution in [2.45, 2.75) is 0 Å². The van der Waals surface area contributed by atoms with E-state index in [1.165, 1.54) is 0 Å². The van der Waals surface area contributed by atoms with Gasteiger partial charge < -0.3 is 14.2 Å². The largest absolute Gasteiger partial charge is 0.497 e. The molecule has 0 aliphatic carbocycles. The van der Waals surface area contributed by atoms with Gasteiger partial charge >= 0.3 is 23.1 Å². The molecule has 76 valence electrons. The minimum atomic E-state index is 0. The molecule has 0 saturated carbocycles. The summed E-state index contributed by atoms with van der Waals surface area (Å²) in [4.78, 5) is 0. The van der Waals surface area contributed by atoms with Crippen LogP contribution < -0.4 is 9.47 Å². The first kappa shape index (κ1) is 14.0. The molecule has 0 aliphatic heterocycles. The number of hydrogen-bond acceptors (Lipinski definition) is 3. The number of ether oxygens (including phenoxy) is 3. The predicted octanol–water partition coefficient (Wildman–Crippen LogP) is 1.52. The summed E-state index contributed by atoms with van der Waals surface area (Å²) in [6.07, 6.45) is 0. The van der Waals surface area contributed by atoms with Gasteiger partial charge in [-0.25, -0.2) is 0 Å². The quantitative estimate of drug-likeness (QED) is 0.615. The van der Waals surface area contributed by atoms with Gasteiger partial charge in [-0.05, 0) is 28.1 Å². The summed E-state index contributed by atoms with van der Waals surface area (Å²) < 4.78 is 16.0. The third-order valence-electron chi connectivity index (χ3n) is 1.47. The number of benzene rings is 1. The Morgan fingerprint density at radius 1 is 1.29 bits per heavy atom. The van der Waals surface area contributed by atoms with E-state index < -0.39 is 0 Å². The fourth-order valence-electron chi connectivity index (χ4n) is 0.844. The van der Waals surface area contributed by atoms with E-state index in [2.05, 4.69) is 15.9 Å². The first-order chi connectivity index (χ1) is 6.27. The van der Waals surface area contributed by atoms with E-state index in [0.717, 1.165) is 10.2 Å². The van der Waals surface area contributed by atoms with Gasteiger partial charge in [0.15, 0.2) is 6.79 Å². The zero-order chi connectivity index (χ0) is 9.68. The molecule has 1 aromatic rings. The lowest BCUT2D eigenvalue weighted by molar-refractivity contribution is 0.0504. The van der Waals surface area contributed by atoms with Crippen molar-refractivity contribution in [3.63, 3.8) is 0 Å². The summed E-state index contributed by atoms with van der Waals surface area (Å²) in [5.41, 5.74) is 0. The van der Waals surface area contributed by atoms with Gasteiger partial charge in [-0.2, -0.15) is 0 Å². The van der Waals surface area contributed by atoms with Crippen molar-refractivity contribution >= 4 is 39.0 Å². The Kier molecular flexibility index (Phi) is 7.35. The Bertz CT molecular complexity index is 281. The molecule has 1 rings (SSSR count). The minimum Gasteiger partial charge on any atom is -0.497 e. The van der Waals surface area contributed by atoms with Crippen LogP contribution in [0.3, 0.4) is 0 Å². The summed E-state index contributed by atoms with van der Waals surface area (Å²) in [5.74, 6) is 1.47. The molecular formula is C9H13BrMgO3. The smallest absolute Gasteiger partial charge is 0.316 e. The second kappa shape index (κ2) is 7.34. The van der Waals surface area contributed by atoms with Crippen LogP contribution in [-0.2, 0) is 4.74 Å². The SMILES string of the molecule is COCOc1cc(OC)ccc1Br.[MgH2]. The summed E-state index contributed by atoms with van der Waals surface area (Å²) in [7, 11) is 3.19. The molecule has 5 heteroatoms. The van der Waals surface area contributed by atoms with E-state index in [9.17, 15) is 0 Å². The van der Waals surface area contributed by atoms with Crippen molar-refractivity contribution in [3.8, 4) is 11.5 Å². The third-order valence-corrected chi connectivity index (χ3v) is 2.13. The molecule has 3 nitrogen and oxygen atoms in total. The maximum absolute atomic E-state index is 5.28. The van der Waals surface area contributed by atoms with Gasteiger partial charge in [-0.3, -0.25) is 0 Å². The van der Waals surface area contributed by atoms with E-state index in [-0.39, 0.29) is 29.8 Å². The molecule has 0 unspecified atom stereocenters. The maximum Gasteiger partial charge on any atom is 0.316 e. The van der Waals surface area contributed by atoms with Crippen LogP contribution in [0, 0.1) is 0 Å². The maximum atomic E-state index is 5.28. The summed E-state index contributed by atoms with van der Waals surface area (Å²) in [5, 5.41) is 0. The third kappa shape index (κ3) is 4.04. The highest BCUT2D eigenvalue weighted by Crippen LogP contribution is 2.29. The number of hydrogen-bond donors (Lipinski definition) is 0. The first-order valence-electron chi connectivity index (χ1n) is 3.73. The average molecular weight is 273 g/mol. The van der Waals surface area contributed by atoms with Crippen molar-refractivity contribution < 1.29 is 14.2 Å². The highest BCUT2D eigenvalue weighted by molar-refractivity contribution is 9.10. The van der Waals surface area contributed by atoms with Crippen LogP contribution >= 0.6 is 15.9 Å². The Morgan fingerprint density at radius 2 is 2.00 bits per heavy atom. The summed E-state index contributed by atoms with van der Waals surface area (Å²) in [6.45, 7) is 0.228. The van der Waals surface area contributed by atoms with Crippen molar-refractivity contribution in [1.82, 2.24) is 0 Å². The van der Waals surface area contributed by atoms with Gasteiger partial charge in [-0.1, -0.05) is 0 Å². The molecule has 0 saturated heterocycles. The van der Waals surface area contributed by atoms with Crippen LogP contribution in [0.5, 0.6) is 11.5 Å². The van der Waals surface area contributed by atoms with Crippen LogP contribution in [0.1, 0.15) is 0 Å². The normalized spacial score (nSPS) is 9.07. The standard InChI is InChI=1S/C9H11BrO3.Mg.2H/c1-11-6-13-9-5-7(12-2)3-4-8(9)10;;;/h3-5H,6H2,1-2H3;;;. The molecule has 0 bridgehead atoms. The molecule has 0 aliphatic rings. The lowest BCUT2D eigenvalue weighted by Gasteiger charge is -2.08. The van der Waals surface area contributed by atoms with E-state index in [4.69, 9.17) is 14.2 Å². The van der Waals surface area contributed by atoms with E-state index in [1.54, 1.807) is 20.3 Å². The van der Waals surface area contributed by atoms with Crippen LogP contribution in [0.4, 0.5) is 0 Å². The van der Waals surface area contributed by atoms with Gasteiger partial charge in [0.1, 0.15) is 11.5 Å². The van der Waals surface area contributed by atoms with Gasteiger partial charge in [0.2, 0.25) is 0 Å². The van der Waals surface area contributed by atoms with E-state index in [1.807, 2.05) is 12.1 Å². The zero-order valence-electron chi connectivity index (χ0n) is 7.54. The van der Waals surface area contributed by atoms with Gasteiger partial charge in [-0.15, -0.1) is 0 Å². The Morgan fingerprint density at radius 3 is 2.57 bits per heavy atom. The fourth-order valence-corrected chi connectivity index (χ4v) is 1.20. The molecule has 0 atom stereocenters. The molecule has 0 amide bonds. The molecule has 0 N–H and O–H groups in total. The van der Waals surface area contributed by atoms with Crippen LogP contribution in [0.25, 0.3) is 0 Å². The van der Waals surface area contributed by atoms with Gasteiger partial charge in [0.05, 0.1) is 11.6 Å². The molecule has 0 heterocycles. The lowest BCUT2D eigenvalue weighted by atomic mass is 10.3. The Labute approximate surface area is 108 Å². The van der Waals surface area contributed by atoms with Crippen molar-refractivity contribution in [2.24, 2.45) is 0 Å². The highest BCUT2D eigenvalue weighted by Gasteiger charge is 2.02. The topological polar surface area (TPSA) is 27.7 Å². The lowest BCUT2D eigenvalue weighted by Crippen LogP contribution is -1.99. The predicted molar refractivity (Wildman–Crippen MR) is 61.7 cm³/mol. The van der Waals surface area contributed by atoms with Crippen LogP contribution in [-0.4, -0.2) is 44.1 Å². The zero-order valence-corrected chi connectivity index (χ0v) is 9.13. The number of rotatable bonds is 4. The minimum absolute atomic E-state index is 0. The fraction of sp³-hybridized carbons (Fsp3) is 0.333. The van der Waals surface area contributed by atoms with Gasteiger partial charge in [0, 0.05) is 13.2 Å². The molecule has 14 heavy (non-hydrogen) atoms. The molecular weight excluding hydrogens is 260 g/mol. The second-order valence-corrected chi connectivity index (χ2v) is 3.20. The van der Waals surface area contributed by atoms with Gasteiger partial charge in [0.25, 0.3) is 0 Å². The molecule has 0 spiro atoms. The van der Waals surface area contributed by atoms with Crippen molar-refractivity contribution in [2.75, 3.05) is 21.0 Å². The molecule has 0 aromatic heterocycles. The Hall–Kier alpha value is 0.0262. The summed E-state index contributed by atoms with van der Waals surface area (Å²) >= 11 is 3.35. The molecule has 0 radical (unpaired) electrons. The molecule has 0 fully saturated rings. The Balaban J connectivity index is 0.00000169. The van der Waals surface area contributed by atoms with E-state index >= 15 is 0 Å². The number of methoxy groups -OCH3 is 2. The summed E-state index contributed by atoms with van der Waals surface area (Å²) in [6, 6.07) is 5.51. The second-order valence-electron chi connectivity index (χ2n) is 2.35. The van der Waals surface area contributed by atoms with Crippen molar-refractivity contribution in [1.29, 1.82) is 0 Å². The number of halogens is 1. The van der Waals surface area contributed by atoms with Crippen LogP contribution in [0.15, 0.2) is 22.7 Å². The first-order valence-corrected chi connectivity index (χ1v) is 4.52. The van der Waals surface area contributed by atoms with Crippen LogP contribution in [0.2, 0.25) is 0 Å². The average Bonchev–Trinajstić information content (AvgIpc) is 2.17. The molecule has 1 aromatic carbocycles. The highest BCUT2D eigenvalue weighted by atomic mass is 79.9. The van der Waals surface area contributed by atoms with E-state index in [0.29, 0.717) is 5.75 Å².